The molecule has 8 aromatic rings. The van der Waals surface area contributed by atoms with Crippen LogP contribution >= 0.6 is 84.8 Å². The molecule has 0 saturated heterocycles. The summed E-state index contributed by atoms with van der Waals surface area (Å²) in [7, 11) is 0. The van der Waals surface area contributed by atoms with Crippen molar-refractivity contribution in [2.45, 2.75) is 60.2 Å². The maximum absolute atomic E-state index is 11.7. The number of hydrogen-bond donors (Lipinski definition) is 0. The number of hydrogen-bond acceptors (Lipinski definition) is 4. The Hall–Kier alpha value is -4.12. The van der Waals surface area contributed by atoms with Gasteiger partial charge in [0.1, 0.15) is 0 Å². The van der Waals surface area contributed by atoms with Crippen molar-refractivity contribution in [3.05, 3.63) is 231 Å². The molecular weight excluding hydrogens is 1270 g/mol. The topological polar surface area (TPSA) is 68.3 Å². The molecule has 0 atom stereocenters. The summed E-state index contributed by atoms with van der Waals surface area (Å²) in [4.78, 5) is 0. The van der Waals surface area contributed by atoms with Crippen LogP contribution in [0, 0.1) is 14.3 Å². The third kappa shape index (κ3) is 8.12. The Morgan fingerprint density at radius 2 is 0.348 bits per heavy atom. The van der Waals surface area contributed by atoms with Gasteiger partial charge in [0.05, 0.1) is 0 Å². The Balaban J connectivity index is 1.07. The second-order valence-electron chi connectivity index (χ2n) is 18.8. The highest BCUT2D eigenvalue weighted by molar-refractivity contribution is 14.2. The SMILES string of the molecule is O=Ic1ccc(-c2ccc(C34CC5(c6ccc(-c7ccc(I=O)cc7)cc6)CC(c6ccc(-c7ccc(I=O)cc7)cc6)(C3)CC(c3ccc(-c6ccc(I=O)cc6)cc3)(C4)C5)cc2)cc1. The van der Waals surface area contributed by atoms with Gasteiger partial charge in [0.15, 0.2) is 84.8 Å². The van der Waals surface area contributed by atoms with Gasteiger partial charge >= 0.3 is 0 Å². The van der Waals surface area contributed by atoms with E-state index in [1.165, 1.54) is 44.5 Å². The standard InChI is InChI=1S/C58H44I4O4/c63-59-51-25-9-43(10-26-51)39-1-17-47(18-2-39)55-33-56(48-19-3-40(4-20-48)44-11-27-52(60-64)28-12-44)36-57(34-55,49-21-5-41(6-22-49)45-13-29-53(61-65)30-14-45)38-58(35-55,37-56)50-23-7-42(8-24-50)46-15-31-54(62-66)32-16-46/h1-32H,33-38H2. The Kier molecular flexibility index (Phi) is 12.2. The number of halogens is 4. The first-order valence-corrected chi connectivity index (χ1v) is 30.0. The minimum atomic E-state index is -1.20. The molecule has 0 N–H and O–H groups in total. The molecule has 0 aliphatic heterocycles. The van der Waals surface area contributed by atoms with E-state index in [0.29, 0.717) is 0 Å². The molecule has 0 heterocycles. The zero-order valence-electron chi connectivity index (χ0n) is 35.9. The molecule has 0 amide bonds. The van der Waals surface area contributed by atoms with Crippen molar-refractivity contribution in [3.8, 4) is 44.5 Å². The Morgan fingerprint density at radius 1 is 0.212 bits per heavy atom. The zero-order chi connectivity index (χ0) is 44.9. The fourth-order valence-electron chi connectivity index (χ4n) is 12.7. The maximum atomic E-state index is 11.7. The highest BCUT2D eigenvalue weighted by atomic mass is 127. The van der Waals surface area contributed by atoms with E-state index in [9.17, 15) is 12.3 Å². The van der Waals surface area contributed by atoms with Gasteiger partial charge in [-0.1, -0.05) is 146 Å². The summed E-state index contributed by atoms with van der Waals surface area (Å²) in [5, 5.41) is 0. The summed E-state index contributed by atoms with van der Waals surface area (Å²) in [5.74, 6) is 0. The molecule has 0 aromatic heterocycles. The molecule has 4 saturated carbocycles. The van der Waals surface area contributed by atoms with Gasteiger partial charge in [0, 0.05) is 14.3 Å². The van der Waals surface area contributed by atoms with Crippen LogP contribution in [0.25, 0.3) is 44.5 Å². The molecule has 12 rings (SSSR count). The van der Waals surface area contributed by atoms with Crippen molar-refractivity contribution in [3.63, 3.8) is 0 Å². The fraction of sp³-hybridized carbons (Fsp3) is 0.172. The monoisotopic (exact) mass is 1310 g/mol. The first-order chi connectivity index (χ1) is 32.3. The molecule has 4 aliphatic carbocycles. The van der Waals surface area contributed by atoms with Crippen LogP contribution in [0.3, 0.4) is 0 Å². The van der Waals surface area contributed by atoms with E-state index >= 15 is 0 Å². The Bertz CT molecular complexity index is 2640. The zero-order valence-corrected chi connectivity index (χ0v) is 44.5. The summed E-state index contributed by atoms with van der Waals surface area (Å²) >= 11 is -4.79. The van der Waals surface area contributed by atoms with Crippen molar-refractivity contribution in [1.29, 1.82) is 0 Å². The summed E-state index contributed by atoms with van der Waals surface area (Å²) in [6, 6.07) is 70.5. The van der Waals surface area contributed by atoms with Crippen LogP contribution in [0.4, 0.5) is 0 Å². The third-order valence-corrected chi connectivity index (χ3v) is 20.0. The quantitative estimate of drug-likeness (QED) is 0.114. The number of rotatable bonds is 12. The first kappa shape index (κ1) is 44.4. The van der Waals surface area contributed by atoms with Gasteiger partial charge in [-0.15, -0.1) is 0 Å². The maximum Gasteiger partial charge on any atom is 0.182 e. The predicted octanol–water partition coefficient (Wildman–Crippen LogP) is 16.7. The average Bonchev–Trinajstić information content (AvgIpc) is 3.38. The summed E-state index contributed by atoms with van der Waals surface area (Å²) in [6.07, 6.45) is 6.37. The molecule has 4 nitrogen and oxygen atoms in total. The summed E-state index contributed by atoms with van der Waals surface area (Å²) < 4.78 is 50.5. The Labute approximate surface area is 427 Å². The Morgan fingerprint density at radius 3 is 0.485 bits per heavy atom. The van der Waals surface area contributed by atoms with E-state index in [2.05, 4.69) is 146 Å². The van der Waals surface area contributed by atoms with E-state index in [1.807, 2.05) is 48.5 Å². The van der Waals surface area contributed by atoms with Crippen LogP contribution < -0.4 is 0 Å². The lowest BCUT2D eigenvalue weighted by Crippen LogP contribution is -2.67. The van der Waals surface area contributed by atoms with Gasteiger partial charge < -0.3 is 0 Å². The summed E-state index contributed by atoms with van der Waals surface area (Å²) in [6.45, 7) is 0. The third-order valence-electron chi connectivity index (χ3n) is 15.1. The minimum absolute atomic E-state index is 0.119. The van der Waals surface area contributed by atoms with Crippen LogP contribution in [0.1, 0.15) is 60.8 Å². The van der Waals surface area contributed by atoms with Crippen molar-refractivity contribution < 1.29 is 12.3 Å². The van der Waals surface area contributed by atoms with Crippen LogP contribution in [0.2, 0.25) is 0 Å². The van der Waals surface area contributed by atoms with Crippen molar-refractivity contribution in [2.75, 3.05) is 0 Å². The van der Waals surface area contributed by atoms with Crippen LogP contribution in [-0.4, -0.2) is 0 Å². The van der Waals surface area contributed by atoms with Gasteiger partial charge in [-0.05, 0) is 175 Å². The molecule has 4 aliphatic rings. The number of benzene rings is 8. The molecule has 8 aromatic carbocycles. The van der Waals surface area contributed by atoms with Gasteiger partial charge in [0.25, 0.3) is 0 Å². The average molecular weight is 1310 g/mol. The van der Waals surface area contributed by atoms with E-state index in [1.54, 1.807) is 0 Å². The van der Waals surface area contributed by atoms with Crippen molar-refractivity contribution in [2.24, 2.45) is 0 Å². The van der Waals surface area contributed by atoms with Gasteiger partial charge in [0.2, 0.25) is 0 Å². The fourth-order valence-corrected chi connectivity index (χ4v) is 15.3. The first-order valence-electron chi connectivity index (χ1n) is 22.2. The highest BCUT2D eigenvalue weighted by Crippen LogP contribution is 2.75. The molecule has 0 unspecified atom stereocenters. The second-order valence-corrected chi connectivity index (χ2v) is 25.6. The van der Waals surface area contributed by atoms with Crippen LogP contribution in [0.5, 0.6) is 0 Å². The molecule has 328 valence electrons. The normalized spacial score (nSPS) is 22.9. The molecule has 4 bridgehead atoms. The molecule has 66 heavy (non-hydrogen) atoms. The smallest absolute Gasteiger partial charge is 0.182 e. The molecule has 4 fully saturated rings. The van der Waals surface area contributed by atoms with Gasteiger partial charge in [-0.2, -0.15) is 0 Å². The molecule has 0 radical (unpaired) electrons. The van der Waals surface area contributed by atoms with E-state index in [0.717, 1.165) is 75.1 Å². The molecule has 8 heteroatoms. The minimum Gasteiger partial charge on any atom is -0.265 e. The van der Waals surface area contributed by atoms with Crippen molar-refractivity contribution in [1.82, 2.24) is 0 Å². The van der Waals surface area contributed by atoms with E-state index < -0.39 is 84.8 Å². The highest BCUT2D eigenvalue weighted by Gasteiger charge is 2.69. The lowest BCUT2D eigenvalue weighted by Gasteiger charge is -2.71. The molecule has 0 spiro atoms. The van der Waals surface area contributed by atoms with Gasteiger partial charge in [-0.25, -0.2) is 0 Å². The van der Waals surface area contributed by atoms with Crippen molar-refractivity contribution >= 4 is 84.8 Å². The lowest BCUT2D eigenvalue weighted by atomic mass is 9.32. The van der Waals surface area contributed by atoms with E-state index in [-0.39, 0.29) is 21.7 Å². The summed E-state index contributed by atoms with van der Waals surface area (Å²) in [5.41, 5.74) is 14.3. The molecular formula is C58H44I4O4. The van der Waals surface area contributed by atoms with Crippen LogP contribution in [-0.2, 0) is 33.9 Å². The largest absolute Gasteiger partial charge is 0.265 e. The van der Waals surface area contributed by atoms with E-state index in [4.69, 9.17) is 0 Å². The van der Waals surface area contributed by atoms with Crippen LogP contribution in [0.15, 0.2) is 194 Å². The lowest BCUT2D eigenvalue weighted by molar-refractivity contribution is -0.0691. The van der Waals surface area contributed by atoms with Gasteiger partial charge in [-0.3, -0.25) is 12.3 Å². The predicted molar refractivity (Wildman–Crippen MR) is 296 cm³/mol. The second kappa shape index (κ2) is 18.1.